The van der Waals surface area contributed by atoms with Gasteiger partial charge in [-0.3, -0.25) is 14.2 Å². The Hall–Kier alpha value is -3.55. The van der Waals surface area contributed by atoms with Crippen LogP contribution in [0, 0.1) is 0 Å². The Kier molecular flexibility index (Phi) is 4.62. The Morgan fingerprint density at radius 1 is 1.14 bits per heavy atom. The fourth-order valence-electron chi connectivity index (χ4n) is 3.67. The van der Waals surface area contributed by atoms with Gasteiger partial charge in [0.05, 0.1) is 18.8 Å². The molecule has 0 aliphatic carbocycles. The fraction of sp³-hybridized carbons (Fsp3) is 0.286. The van der Waals surface area contributed by atoms with Crippen molar-refractivity contribution in [2.24, 2.45) is 0 Å². The molecule has 0 spiro atoms. The van der Waals surface area contributed by atoms with E-state index in [0.29, 0.717) is 12.5 Å². The third-order valence-corrected chi connectivity index (χ3v) is 5.14. The van der Waals surface area contributed by atoms with Crippen LogP contribution in [-0.4, -0.2) is 50.6 Å². The first kappa shape index (κ1) is 18.8. The first-order valence-corrected chi connectivity index (χ1v) is 9.42. The second-order valence-electron chi connectivity index (χ2n) is 7.21. The summed E-state index contributed by atoms with van der Waals surface area (Å²) in [5, 5.41) is 11.0. The van der Waals surface area contributed by atoms with Crippen molar-refractivity contribution in [3.63, 3.8) is 0 Å². The van der Waals surface area contributed by atoms with Gasteiger partial charge >= 0.3 is 0 Å². The van der Waals surface area contributed by atoms with Crippen LogP contribution in [0.25, 0.3) is 5.78 Å². The summed E-state index contributed by atoms with van der Waals surface area (Å²) in [5.41, 5.74) is 1.10. The highest BCUT2D eigenvalue weighted by molar-refractivity contribution is 6.00. The Morgan fingerprint density at radius 2 is 1.86 bits per heavy atom. The number of carbonyl (C=O) groups excluding carboxylic acids is 1. The summed E-state index contributed by atoms with van der Waals surface area (Å²) in [6, 6.07) is 9.57. The van der Waals surface area contributed by atoms with Crippen LogP contribution in [0.3, 0.4) is 0 Å². The van der Waals surface area contributed by atoms with Gasteiger partial charge in [0.1, 0.15) is 0 Å². The third kappa shape index (κ3) is 2.97. The first-order valence-electron chi connectivity index (χ1n) is 9.42. The average molecular weight is 393 g/mol. The van der Waals surface area contributed by atoms with E-state index in [-0.39, 0.29) is 47.3 Å². The molecule has 0 radical (unpaired) electrons. The number of nitrogens with zero attached hydrogens (tertiary/aromatic N) is 5. The van der Waals surface area contributed by atoms with E-state index in [9.17, 15) is 14.7 Å². The van der Waals surface area contributed by atoms with Crippen molar-refractivity contribution in [2.75, 3.05) is 25.7 Å². The molecule has 2 aromatic heterocycles. The largest absolute Gasteiger partial charge is 0.494 e. The number of hydrogen-bond acceptors (Lipinski definition) is 5. The zero-order chi connectivity index (χ0) is 20.7. The van der Waals surface area contributed by atoms with Crippen molar-refractivity contribution in [3.8, 4) is 5.88 Å². The zero-order valence-electron chi connectivity index (χ0n) is 16.7. The number of benzene rings is 1. The van der Waals surface area contributed by atoms with E-state index in [2.05, 4.69) is 4.98 Å². The molecule has 3 aromatic rings. The highest BCUT2D eigenvalue weighted by Crippen LogP contribution is 2.30. The van der Waals surface area contributed by atoms with Crippen LogP contribution < -0.4 is 10.5 Å². The monoisotopic (exact) mass is 393 g/mol. The van der Waals surface area contributed by atoms with Gasteiger partial charge in [0.2, 0.25) is 11.7 Å². The second kappa shape index (κ2) is 7.12. The van der Waals surface area contributed by atoms with Crippen LogP contribution in [0.15, 0.2) is 47.3 Å². The van der Waals surface area contributed by atoms with Crippen molar-refractivity contribution in [1.82, 2.24) is 18.9 Å². The number of aromatic hydroxyl groups is 1. The van der Waals surface area contributed by atoms with Crippen molar-refractivity contribution < 1.29 is 9.90 Å². The predicted octanol–water partition coefficient (Wildman–Crippen LogP) is 1.85. The average Bonchev–Trinajstić information content (AvgIpc) is 3.12. The van der Waals surface area contributed by atoms with E-state index >= 15 is 0 Å². The van der Waals surface area contributed by atoms with Crippen LogP contribution >= 0.6 is 0 Å². The quantitative estimate of drug-likeness (QED) is 0.684. The molecule has 1 aliphatic heterocycles. The molecular weight excluding hydrogens is 370 g/mol. The molecule has 1 N–H and O–H groups in total. The van der Waals surface area contributed by atoms with Gasteiger partial charge in [-0.25, -0.2) is 4.40 Å². The number of allylic oxidation sites excluding steroid dienone is 2. The van der Waals surface area contributed by atoms with E-state index in [1.165, 1.54) is 8.97 Å². The molecular formula is C21H23N5O3. The molecule has 8 heteroatoms. The van der Waals surface area contributed by atoms with E-state index in [0.717, 1.165) is 5.56 Å². The Bertz CT molecular complexity index is 1180. The molecule has 0 bridgehead atoms. The van der Waals surface area contributed by atoms with E-state index in [1.807, 2.05) is 55.3 Å². The molecule has 0 atom stereocenters. The predicted molar refractivity (Wildman–Crippen MR) is 111 cm³/mol. The van der Waals surface area contributed by atoms with Crippen LogP contribution in [0.2, 0.25) is 0 Å². The summed E-state index contributed by atoms with van der Waals surface area (Å²) in [5.74, 6) is 0.217. The summed E-state index contributed by atoms with van der Waals surface area (Å²) < 4.78 is 2.93. The Labute approximate surface area is 167 Å². The van der Waals surface area contributed by atoms with Gasteiger partial charge in [0.15, 0.2) is 11.5 Å². The van der Waals surface area contributed by atoms with Gasteiger partial charge in [-0.2, -0.15) is 4.98 Å². The molecule has 150 valence electrons. The first-order chi connectivity index (χ1) is 13.9. The normalized spacial score (nSPS) is 14.2. The number of fused-ring (bicyclic) bond motifs is 3. The zero-order valence-corrected chi connectivity index (χ0v) is 16.7. The molecule has 0 saturated carbocycles. The minimum Gasteiger partial charge on any atom is -0.494 e. The lowest BCUT2D eigenvalue weighted by atomic mass is 10.2. The highest BCUT2D eigenvalue weighted by Gasteiger charge is 2.33. The molecule has 0 fully saturated rings. The Balaban J connectivity index is 2.06. The lowest BCUT2D eigenvalue weighted by Crippen LogP contribution is -2.43. The van der Waals surface area contributed by atoms with Gasteiger partial charge in [0.25, 0.3) is 11.5 Å². The standard InChI is InChI=1S/C21H23N5O3/c1-4-5-11-15-18(27)25(12-14-9-7-6-8-10-14)21-22-17-16(26(21)19(15)28)20(29)24(3)13-23(17)2/h4-10,28H,11-13H2,1-3H3/b5-4+. The van der Waals surface area contributed by atoms with Crippen molar-refractivity contribution in [3.05, 3.63) is 69.7 Å². The molecule has 0 saturated heterocycles. The van der Waals surface area contributed by atoms with Gasteiger partial charge in [-0.1, -0.05) is 42.5 Å². The minimum absolute atomic E-state index is 0.232. The number of imidazole rings is 1. The van der Waals surface area contributed by atoms with Crippen molar-refractivity contribution in [2.45, 2.75) is 19.9 Å². The van der Waals surface area contributed by atoms with Crippen molar-refractivity contribution in [1.29, 1.82) is 0 Å². The number of aromatic nitrogens is 3. The maximum Gasteiger partial charge on any atom is 0.276 e. The number of hydrogen-bond donors (Lipinski definition) is 1. The minimum atomic E-state index is -0.317. The SMILES string of the molecule is C/C=C/Cc1c(O)n2c3c(nc2n(Cc2ccccc2)c1=O)N(C)CN(C)C3=O. The van der Waals surface area contributed by atoms with Crippen LogP contribution in [0.1, 0.15) is 28.5 Å². The summed E-state index contributed by atoms with van der Waals surface area (Å²) in [6.45, 7) is 2.52. The molecule has 1 aromatic carbocycles. The molecule has 8 nitrogen and oxygen atoms in total. The lowest BCUT2D eigenvalue weighted by Gasteiger charge is -2.30. The number of amides is 1. The number of anilines is 1. The maximum absolute atomic E-state index is 13.3. The highest BCUT2D eigenvalue weighted by atomic mass is 16.3. The van der Waals surface area contributed by atoms with E-state index in [1.54, 1.807) is 18.0 Å². The van der Waals surface area contributed by atoms with Crippen LogP contribution in [-0.2, 0) is 13.0 Å². The molecule has 3 heterocycles. The topological polar surface area (TPSA) is 83.1 Å². The third-order valence-electron chi connectivity index (χ3n) is 5.14. The van der Waals surface area contributed by atoms with Gasteiger partial charge in [0, 0.05) is 20.5 Å². The van der Waals surface area contributed by atoms with Gasteiger partial charge in [-0.15, -0.1) is 0 Å². The lowest BCUT2D eigenvalue weighted by molar-refractivity contribution is 0.0776. The van der Waals surface area contributed by atoms with Crippen molar-refractivity contribution >= 4 is 17.5 Å². The Morgan fingerprint density at radius 3 is 2.55 bits per heavy atom. The van der Waals surface area contributed by atoms with Crippen LogP contribution in [0.4, 0.5) is 5.82 Å². The maximum atomic E-state index is 13.3. The van der Waals surface area contributed by atoms with E-state index in [4.69, 9.17) is 0 Å². The summed E-state index contributed by atoms with van der Waals surface area (Å²) in [4.78, 5) is 34.1. The molecule has 1 amide bonds. The van der Waals surface area contributed by atoms with Gasteiger partial charge < -0.3 is 14.9 Å². The summed E-state index contributed by atoms with van der Waals surface area (Å²) >= 11 is 0. The number of rotatable bonds is 4. The molecule has 0 unspecified atom stereocenters. The van der Waals surface area contributed by atoms with E-state index < -0.39 is 0 Å². The second-order valence-corrected chi connectivity index (χ2v) is 7.21. The summed E-state index contributed by atoms with van der Waals surface area (Å²) in [6.07, 6.45) is 3.89. The smallest absolute Gasteiger partial charge is 0.276 e. The van der Waals surface area contributed by atoms with Crippen LogP contribution in [0.5, 0.6) is 5.88 Å². The number of carbonyl (C=O) groups is 1. The molecule has 1 aliphatic rings. The fourth-order valence-corrected chi connectivity index (χ4v) is 3.67. The molecule has 4 rings (SSSR count). The summed E-state index contributed by atoms with van der Waals surface area (Å²) in [7, 11) is 3.52. The van der Waals surface area contributed by atoms with Gasteiger partial charge in [-0.05, 0) is 12.5 Å². The molecule has 29 heavy (non-hydrogen) atoms.